The number of rotatable bonds is 12. The second-order valence-electron chi connectivity index (χ2n) is 26.1. The zero-order valence-electron chi connectivity index (χ0n) is 55.8. The summed E-state index contributed by atoms with van der Waals surface area (Å²) in [5.74, 6) is 3.23. The molecule has 0 aliphatic rings. The first-order valence-electron chi connectivity index (χ1n) is 34.7. The standard InChI is InChI=1S/C92H53N9O2S2/c1-3-17-58(18-4-1)85-95-87(98-88(96-85)69-25-16-30-79-82(69)71-52-63(45-49-77(71)102-79)55-35-41-60(42-36-55)90-93-73-26-9-13-31-80(73)104-90)65-22-15-21-62(51-65)54-33-39-57(40-34-54)66-47-48-70(83-72-53-64(46-50-78(72)103-84(66)83)56-37-43-61(44-38-56)91-94-74-27-10-14-32-81(74)105-91)89-97-86(59-19-5-2-6-20-59)99-92(100-89)101-75-28-11-7-23-67(75)68-24-8-12-29-76(68)101/h1-53H. The highest BCUT2D eigenvalue weighted by atomic mass is 32.1. The van der Waals surface area contributed by atoms with Crippen LogP contribution in [0, 0.1) is 0 Å². The van der Waals surface area contributed by atoms with E-state index >= 15 is 0 Å². The van der Waals surface area contributed by atoms with Crippen LogP contribution in [0.3, 0.4) is 0 Å². The first-order valence-corrected chi connectivity index (χ1v) is 36.3. The Morgan fingerprint density at radius 3 is 1.26 bits per heavy atom. The van der Waals surface area contributed by atoms with E-state index in [0.717, 1.165) is 169 Å². The van der Waals surface area contributed by atoms with Crippen molar-refractivity contribution in [1.29, 1.82) is 0 Å². The third-order valence-corrected chi connectivity index (χ3v) is 22.0. The normalized spacial score (nSPS) is 11.8. The van der Waals surface area contributed by atoms with Gasteiger partial charge in [0.05, 0.1) is 31.5 Å². The predicted molar refractivity (Wildman–Crippen MR) is 428 cm³/mol. The summed E-state index contributed by atoms with van der Waals surface area (Å²) in [5, 5.41) is 7.94. The Balaban J connectivity index is 0.665. The van der Waals surface area contributed by atoms with Crippen LogP contribution in [0.4, 0.5) is 0 Å². The van der Waals surface area contributed by atoms with Crippen LogP contribution in [0.5, 0.6) is 0 Å². The molecule has 0 aliphatic carbocycles. The maximum Gasteiger partial charge on any atom is 0.238 e. The van der Waals surface area contributed by atoms with E-state index in [4.69, 9.17) is 48.7 Å². The molecule has 0 bridgehead atoms. The van der Waals surface area contributed by atoms with Crippen LogP contribution in [0.15, 0.2) is 330 Å². The van der Waals surface area contributed by atoms with Crippen molar-refractivity contribution in [3.63, 3.8) is 0 Å². The number of para-hydroxylation sites is 4. The van der Waals surface area contributed by atoms with Crippen LogP contribution in [-0.2, 0) is 0 Å². The molecule has 13 heteroatoms. The Labute approximate surface area is 608 Å². The molecule has 21 aromatic rings. The van der Waals surface area contributed by atoms with E-state index in [2.05, 4.69) is 241 Å². The van der Waals surface area contributed by atoms with Gasteiger partial charge in [-0.2, -0.15) is 9.97 Å². The smallest absolute Gasteiger partial charge is 0.238 e. The number of thiazole rings is 2. The summed E-state index contributed by atoms with van der Waals surface area (Å²) in [4.78, 5) is 41.8. The maximum atomic E-state index is 7.17. The zero-order valence-corrected chi connectivity index (χ0v) is 57.4. The van der Waals surface area contributed by atoms with Gasteiger partial charge in [0.25, 0.3) is 0 Å². The van der Waals surface area contributed by atoms with E-state index in [0.29, 0.717) is 40.7 Å². The molecular formula is C92H53N9O2S2. The Kier molecular flexibility index (Phi) is 14.0. The van der Waals surface area contributed by atoms with Gasteiger partial charge in [-0.3, -0.25) is 4.57 Å². The van der Waals surface area contributed by atoms with E-state index in [1.54, 1.807) is 22.7 Å². The highest BCUT2D eigenvalue weighted by molar-refractivity contribution is 7.22. The Bertz CT molecular complexity index is 6900. The number of nitrogens with zero attached hydrogens (tertiary/aromatic N) is 9. The lowest BCUT2D eigenvalue weighted by molar-refractivity contribution is 0.669. The molecule has 490 valence electrons. The largest absolute Gasteiger partial charge is 0.456 e. The molecule has 0 N–H and O–H groups in total. The third kappa shape index (κ3) is 10.5. The van der Waals surface area contributed by atoms with E-state index in [1.807, 2.05) is 84.9 Å². The van der Waals surface area contributed by atoms with Gasteiger partial charge in [-0.05, 0) is 124 Å². The lowest BCUT2D eigenvalue weighted by atomic mass is 9.95. The van der Waals surface area contributed by atoms with Gasteiger partial charge in [-0.1, -0.05) is 237 Å². The lowest BCUT2D eigenvalue weighted by Crippen LogP contribution is -2.06. The number of aromatic nitrogens is 9. The molecule has 0 aliphatic heterocycles. The van der Waals surface area contributed by atoms with Gasteiger partial charge in [-0.15, -0.1) is 22.7 Å². The molecule has 0 saturated carbocycles. The molecule has 0 unspecified atom stereocenters. The summed E-state index contributed by atoms with van der Waals surface area (Å²) < 4.78 is 18.3. The van der Waals surface area contributed by atoms with Crippen LogP contribution in [-0.4, -0.2) is 44.4 Å². The molecule has 14 aromatic carbocycles. The van der Waals surface area contributed by atoms with Gasteiger partial charge >= 0.3 is 0 Å². The van der Waals surface area contributed by atoms with Gasteiger partial charge in [0.15, 0.2) is 29.1 Å². The molecule has 0 saturated heterocycles. The van der Waals surface area contributed by atoms with E-state index in [1.165, 1.54) is 4.70 Å². The summed E-state index contributed by atoms with van der Waals surface area (Å²) in [5.41, 5.74) is 21.6. The fourth-order valence-electron chi connectivity index (χ4n) is 14.7. The fraction of sp³-hybridized carbons (Fsp3) is 0. The van der Waals surface area contributed by atoms with Crippen LogP contribution in [0.25, 0.3) is 215 Å². The van der Waals surface area contributed by atoms with Crippen molar-refractivity contribution in [3.8, 4) is 129 Å². The zero-order chi connectivity index (χ0) is 69.1. The van der Waals surface area contributed by atoms with Crippen molar-refractivity contribution in [2.75, 3.05) is 0 Å². The highest BCUT2D eigenvalue weighted by Gasteiger charge is 2.25. The SMILES string of the molecule is c1ccc(-c2nc(-c3cccc(-c4ccc(-c5ccc(-c6nc(-c7ccccc7)nc(-n7c8ccccc8c8ccccc87)n6)c6c5oc5ccc(-c7ccc(-c8nc9ccccc9s8)cc7)cc56)cc4)c3)nc(-c3cccc4oc5ccc(-c6ccc(-c7nc8ccccc8s7)cc6)cc5c34)n2)cc1. The number of furan rings is 2. The minimum atomic E-state index is 0.512. The fourth-order valence-corrected chi connectivity index (χ4v) is 16.7. The van der Waals surface area contributed by atoms with E-state index < -0.39 is 0 Å². The molecule has 0 fully saturated rings. The van der Waals surface area contributed by atoms with Crippen LogP contribution < -0.4 is 0 Å². The maximum absolute atomic E-state index is 7.17. The van der Waals surface area contributed by atoms with Gasteiger partial charge in [0.2, 0.25) is 5.95 Å². The first kappa shape index (κ1) is 60.1. The average molecular weight is 1380 g/mol. The summed E-state index contributed by atoms with van der Waals surface area (Å²) >= 11 is 3.41. The Morgan fingerprint density at radius 2 is 0.657 bits per heavy atom. The molecule has 0 amide bonds. The molecule has 7 heterocycles. The van der Waals surface area contributed by atoms with Crippen molar-refractivity contribution >= 4 is 109 Å². The van der Waals surface area contributed by atoms with Crippen molar-refractivity contribution in [2.45, 2.75) is 0 Å². The monoisotopic (exact) mass is 1380 g/mol. The van der Waals surface area contributed by atoms with Crippen LogP contribution in [0.1, 0.15) is 0 Å². The summed E-state index contributed by atoms with van der Waals surface area (Å²) in [6, 6.07) is 111. The summed E-state index contributed by atoms with van der Waals surface area (Å²) in [7, 11) is 0. The molecule has 0 atom stereocenters. The van der Waals surface area contributed by atoms with Crippen molar-refractivity contribution in [3.05, 3.63) is 322 Å². The average Bonchev–Trinajstić information content (AvgIpc) is 1.61. The summed E-state index contributed by atoms with van der Waals surface area (Å²) in [6.07, 6.45) is 0. The van der Waals surface area contributed by atoms with Gasteiger partial charge < -0.3 is 8.83 Å². The summed E-state index contributed by atoms with van der Waals surface area (Å²) in [6.45, 7) is 0. The lowest BCUT2D eigenvalue weighted by Gasteiger charge is -2.13. The topological polar surface area (TPSA) is 134 Å². The molecule has 21 rings (SSSR count). The second-order valence-corrected chi connectivity index (χ2v) is 28.2. The molecule has 105 heavy (non-hydrogen) atoms. The van der Waals surface area contributed by atoms with Crippen molar-refractivity contribution in [2.24, 2.45) is 0 Å². The molecule has 0 radical (unpaired) electrons. The molecular weight excluding hydrogens is 1330 g/mol. The quantitative estimate of drug-likeness (QED) is 0.116. The minimum Gasteiger partial charge on any atom is -0.456 e. The van der Waals surface area contributed by atoms with Crippen molar-refractivity contribution in [1.82, 2.24) is 44.4 Å². The molecule has 7 aromatic heterocycles. The molecule has 11 nitrogen and oxygen atoms in total. The predicted octanol–water partition coefficient (Wildman–Crippen LogP) is 24.5. The van der Waals surface area contributed by atoms with Gasteiger partial charge in [0, 0.05) is 76.8 Å². The van der Waals surface area contributed by atoms with Crippen molar-refractivity contribution < 1.29 is 8.83 Å². The Morgan fingerprint density at radius 1 is 0.238 bits per heavy atom. The number of hydrogen-bond acceptors (Lipinski definition) is 12. The highest BCUT2D eigenvalue weighted by Crippen LogP contribution is 2.46. The third-order valence-electron chi connectivity index (χ3n) is 19.9. The first-order chi connectivity index (χ1) is 52.0. The number of fused-ring (bicyclic) bond motifs is 11. The van der Waals surface area contributed by atoms with Crippen LogP contribution in [0.2, 0.25) is 0 Å². The number of benzene rings is 14. The Hall–Kier alpha value is -13.7. The minimum absolute atomic E-state index is 0.512. The van der Waals surface area contributed by atoms with Crippen LogP contribution >= 0.6 is 22.7 Å². The van der Waals surface area contributed by atoms with E-state index in [-0.39, 0.29) is 0 Å². The number of hydrogen-bond donors (Lipinski definition) is 0. The van der Waals surface area contributed by atoms with Gasteiger partial charge in [-0.25, -0.2) is 29.9 Å². The second kappa shape index (κ2) is 24.5. The van der Waals surface area contributed by atoms with Gasteiger partial charge in [0.1, 0.15) is 32.3 Å². The molecule has 0 spiro atoms. The van der Waals surface area contributed by atoms with E-state index in [9.17, 15) is 0 Å².